The van der Waals surface area contributed by atoms with E-state index in [9.17, 15) is 0 Å². The summed E-state index contributed by atoms with van der Waals surface area (Å²) in [7, 11) is 0. The SMILES string of the molecule is CCC(N)c1cn(Cl)c(C)n1. The van der Waals surface area contributed by atoms with Crippen LogP contribution in [0.1, 0.15) is 30.9 Å². The second-order valence-corrected chi connectivity index (χ2v) is 2.90. The van der Waals surface area contributed by atoms with Gasteiger partial charge >= 0.3 is 0 Å². The molecule has 1 atom stereocenters. The van der Waals surface area contributed by atoms with E-state index >= 15 is 0 Å². The molecule has 0 fully saturated rings. The average Bonchev–Trinajstić information content (AvgIpc) is 2.31. The molecule has 1 aromatic rings. The zero-order valence-electron chi connectivity index (χ0n) is 6.71. The van der Waals surface area contributed by atoms with Crippen molar-refractivity contribution >= 4 is 11.8 Å². The maximum atomic E-state index is 5.74. The number of aryl methyl sites for hydroxylation is 1. The third kappa shape index (κ3) is 1.73. The van der Waals surface area contributed by atoms with E-state index in [0.29, 0.717) is 0 Å². The van der Waals surface area contributed by atoms with E-state index in [2.05, 4.69) is 4.98 Å². The first-order valence-corrected chi connectivity index (χ1v) is 3.96. The summed E-state index contributed by atoms with van der Waals surface area (Å²) in [6.07, 6.45) is 2.64. The van der Waals surface area contributed by atoms with Gasteiger partial charge < -0.3 is 5.73 Å². The van der Waals surface area contributed by atoms with Gasteiger partial charge in [-0.25, -0.2) is 9.07 Å². The van der Waals surface area contributed by atoms with Crippen LogP contribution >= 0.6 is 11.8 Å². The molecule has 2 N–H and O–H groups in total. The number of nitrogens with two attached hydrogens (primary N) is 1. The number of nitrogens with zero attached hydrogens (tertiary/aromatic N) is 2. The number of halogens is 1. The number of rotatable bonds is 2. The molecule has 0 spiro atoms. The van der Waals surface area contributed by atoms with Crippen LogP contribution in [0.3, 0.4) is 0 Å². The highest BCUT2D eigenvalue weighted by Gasteiger charge is 2.08. The quantitative estimate of drug-likeness (QED) is 0.739. The van der Waals surface area contributed by atoms with E-state index in [-0.39, 0.29) is 6.04 Å². The van der Waals surface area contributed by atoms with Gasteiger partial charge in [0, 0.05) is 24.0 Å². The maximum absolute atomic E-state index is 5.74. The topological polar surface area (TPSA) is 43.8 Å². The van der Waals surface area contributed by atoms with Crippen molar-refractivity contribution in [2.45, 2.75) is 26.3 Å². The van der Waals surface area contributed by atoms with Gasteiger partial charge in [0.15, 0.2) is 0 Å². The number of hydrogen-bond acceptors (Lipinski definition) is 2. The van der Waals surface area contributed by atoms with Gasteiger partial charge in [-0.2, -0.15) is 0 Å². The van der Waals surface area contributed by atoms with Crippen molar-refractivity contribution in [3.63, 3.8) is 0 Å². The van der Waals surface area contributed by atoms with Gasteiger partial charge in [0.25, 0.3) is 0 Å². The first-order chi connectivity index (χ1) is 5.15. The Labute approximate surface area is 71.3 Å². The van der Waals surface area contributed by atoms with E-state index in [1.165, 1.54) is 4.09 Å². The molecule has 0 amide bonds. The highest BCUT2D eigenvalue weighted by molar-refractivity contribution is 6.15. The second kappa shape index (κ2) is 3.24. The van der Waals surface area contributed by atoms with Crippen molar-refractivity contribution in [2.75, 3.05) is 0 Å². The van der Waals surface area contributed by atoms with Gasteiger partial charge in [-0.05, 0) is 13.3 Å². The summed E-state index contributed by atoms with van der Waals surface area (Å²) in [5, 5.41) is 0. The summed E-state index contributed by atoms with van der Waals surface area (Å²) in [6, 6.07) is 0.00806. The number of imidazole rings is 1. The summed E-state index contributed by atoms with van der Waals surface area (Å²) in [4.78, 5) is 4.19. The van der Waals surface area contributed by atoms with Crippen molar-refractivity contribution in [2.24, 2.45) is 5.73 Å². The Bertz CT molecular complexity index is 224. The highest BCUT2D eigenvalue weighted by atomic mass is 35.5. The molecule has 0 radical (unpaired) electrons. The molecule has 1 aromatic heterocycles. The largest absolute Gasteiger partial charge is 0.323 e. The molecule has 1 unspecified atom stereocenters. The summed E-state index contributed by atoms with van der Waals surface area (Å²) in [5.41, 5.74) is 6.60. The fourth-order valence-corrected chi connectivity index (χ4v) is 0.999. The molecule has 0 saturated heterocycles. The van der Waals surface area contributed by atoms with Crippen LogP contribution in [0, 0.1) is 6.92 Å². The normalized spacial score (nSPS) is 13.5. The average molecular weight is 174 g/mol. The molecule has 4 heteroatoms. The summed E-state index contributed by atoms with van der Waals surface area (Å²) in [5.74, 6) is 0.783. The Kier molecular flexibility index (Phi) is 2.52. The molecule has 0 aliphatic carbocycles. The molecule has 1 rings (SSSR count). The van der Waals surface area contributed by atoms with Crippen LogP contribution in [0.4, 0.5) is 0 Å². The fourth-order valence-electron chi connectivity index (χ4n) is 0.861. The predicted octanol–water partition coefficient (Wildman–Crippen LogP) is 1.60. The Balaban J connectivity index is 2.88. The first kappa shape index (κ1) is 8.56. The second-order valence-electron chi connectivity index (χ2n) is 2.54. The minimum absolute atomic E-state index is 0.00806. The van der Waals surface area contributed by atoms with Gasteiger partial charge in [-0.15, -0.1) is 0 Å². The van der Waals surface area contributed by atoms with Gasteiger partial charge in [-0.1, -0.05) is 6.92 Å². The van der Waals surface area contributed by atoms with Crippen molar-refractivity contribution in [3.8, 4) is 0 Å². The smallest absolute Gasteiger partial charge is 0.120 e. The monoisotopic (exact) mass is 173 g/mol. The third-order valence-corrected chi connectivity index (χ3v) is 2.01. The number of hydrogen-bond donors (Lipinski definition) is 1. The van der Waals surface area contributed by atoms with Crippen molar-refractivity contribution in [1.82, 2.24) is 9.07 Å². The van der Waals surface area contributed by atoms with Crippen LogP contribution in [0.2, 0.25) is 0 Å². The molecule has 62 valence electrons. The predicted molar refractivity (Wildman–Crippen MR) is 45.4 cm³/mol. The van der Waals surface area contributed by atoms with E-state index in [1.54, 1.807) is 6.20 Å². The minimum atomic E-state index is 0.00806. The molecular weight excluding hydrogens is 162 g/mol. The van der Waals surface area contributed by atoms with Crippen LogP contribution in [-0.4, -0.2) is 9.07 Å². The zero-order chi connectivity index (χ0) is 8.43. The van der Waals surface area contributed by atoms with Crippen LogP contribution in [-0.2, 0) is 0 Å². The minimum Gasteiger partial charge on any atom is -0.323 e. The van der Waals surface area contributed by atoms with E-state index in [4.69, 9.17) is 17.5 Å². The van der Waals surface area contributed by atoms with Gasteiger partial charge in [0.1, 0.15) is 5.82 Å². The lowest BCUT2D eigenvalue weighted by atomic mass is 10.2. The standard InChI is InChI=1S/C7H12ClN3/c1-3-6(9)7-4-11(8)5(2)10-7/h4,6H,3,9H2,1-2H3. The molecule has 11 heavy (non-hydrogen) atoms. The van der Waals surface area contributed by atoms with Gasteiger partial charge in [0.2, 0.25) is 0 Å². The first-order valence-electron chi connectivity index (χ1n) is 3.62. The van der Waals surface area contributed by atoms with Crippen LogP contribution in [0.15, 0.2) is 6.20 Å². The molecular formula is C7H12ClN3. The van der Waals surface area contributed by atoms with Gasteiger partial charge in [-0.3, -0.25) is 0 Å². The number of aromatic nitrogens is 2. The Hall–Kier alpha value is -0.540. The summed E-state index contributed by atoms with van der Waals surface area (Å²) in [6.45, 7) is 3.87. The summed E-state index contributed by atoms with van der Waals surface area (Å²) < 4.78 is 1.46. The Morgan fingerprint density at radius 1 is 1.82 bits per heavy atom. The van der Waals surface area contributed by atoms with Crippen LogP contribution in [0.5, 0.6) is 0 Å². The Morgan fingerprint density at radius 2 is 2.45 bits per heavy atom. The lowest BCUT2D eigenvalue weighted by Gasteiger charge is -2.01. The van der Waals surface area contributed by atoms with E-state index in [0.717, 1.165) is 17.9 Å². The Morgan fingerprint density at radius 3 is 2.82 bits per heavy atom. The van der Waals surface area contributed by atoms with Crippen LogP contribution in [0.25, 0.3) is 0 Å². The maximum Gasteiger partial charge on any atom is 0.120 e. The lowest BCUT2D eigenvalue weighted by molar-refractivity contribution is 0.678. The molecule has 0 saturated carbocycles. The molecule has 0 aromatic carbocycles. The molecule has 0 aliphatic rings. The van der Waals surface area contributed by atoms with Crippen LogP contribution < -0.4 is 5.73 Å². The highest BCUT2D eigenvalue weighted by Crippen LogP contribution is 2.13. The van der Waals surface area contributed by atoms with Crippen molar-refractivity contribution in [3.05, 3.63) is 17.7 Å². The van der Waals surface area contributed by atoms with Crippen molar-refractivity contribution < 1.29 is 0 Å². The fraction of sp³-hybridized carbons (Fsp3) is 0.571. The van der Waals surface area contributed by atoms with E-state index < -0.39 is 0 Å². The summed E-state index contributed by atoms with van der Waals surface area (Å²) >= 11 is 5.73. The lowest BCUT2D eigenvalue weighted by Crippen LogP contribution is -2.08. The zero-order valence-corrected chi connectivity index (χ0v) is 7.47. The molecule has 0 aliphatic heterocycles. The molecule has 0 bridgehead atoms. The van der Waals surface area contributed by atoms with E-state index in [1.807, 2.05) is 13.8 Å². The molecule has 1 heterocycles. The van der Waals surface area contributed by atoms with Gasteiger partial charge in [0.05, 0.1) is 5.69 Å². The molecule has 3 nitrogen and oxygen atoms in total. The third-order valence-electron chi connectivity index (χ3n) is 1.67. The van der Waals surface area contributed by atoms with Crippen molar-refractivity contribution in [1.29, 1.82) is 0 Å².